The maximum Gasteiger partial charge on any atom is 0.0210 e. The highest BCUT2D eigenvalue weighted by Crippen LogP contribution is 2.22. The van der Waals surface area contributed by atoms with Crippen LogP contribution in [0.5, 0.6) is 0 Å². The summed E-state index contributed by atoms with van der Waals surface area (Å²) in [7, 11) is 0. The quantitative estimate of drug-likeness (QED) is 0.796. The SMILES string of the molecule is CC(C)(C)NCc1ccc(C(C)(C)C)cc1. The lowest BCUT2D eigenvalue weighted by Gasteiger charge is -2.22. The summed E-state index contributed by atoms with van der Waals surface area (Å²) in [6, 6.07) is 8.91. The second-order valence-corrected chi connectivity index (χ2v) is 6.55. The van der Waals surface area contributed by atoms with Crippen LogP contribution in [0.15, 0.2) is 24.3 Å². The molecular formula is C15H25N. The van der Waals surface area contributed by atoms with Gasteiger partial charge < -0.3 is 5.32 Å². The molecule has 0 spiro atoms. The summed E-state index contributed by atoms with van der Waals surface area (Å²) in [5, 5.41) is 3.50. The molecule has 0 saturated heterocycles. The number of benzene rings is 1. The molecule has 0 aliphatic carbocycles. The van der Waals surface area contributed by atoms with E-state index in [4.69, 9.17) is 0 Å². The summed E-state index contributed by atoms with van der Waals surface area (Å²) in [4.78, 5) is 0. The number of hydrogen-bond donors (Lipinski definition) is 1. The van der Waals surface area contributed by atoms with Crippen LogP contribution in [0.3, 0.4) is 0 Å². The number of hydrogen-bond acceptors (Lipinski definition) is 1. The summed E-state index contributed by atoms with van der Waals surface area (Å²) in [5.74, 6) is 0. The monoisotopic (exact) mass is 219 g/mol. The minimum atomic E-state index is 0.183. The first-order chi connectivity index (χ1) is 7.18. The zero-order valence-electron chi connectivity index (χ0n) is 11.5. The van der Waals surface area contributed by atoms with Crippen molar-refractivity contribution in [1.29, 1.82) is 0 Å². The van der Waals surface area contributed by atoms with Crippen LogP contribution in [-0.4, -0.2) is 5.54 Å². The van der Waals surface area contributed by atoms with Crippen molar-refractivity contribution in [2.75, 3.05) is 0 Å². The molecule has 1 nitrogen and oxygen atoms in total. The van der Waals surface area contributed by atoms with E-state index in [2.05, 4.69) is 71.1 Å². The topological polar surface area (TPSA) is 12.0 Å². The van der Waals surface area contributed by atoms with Gasteiger partial charge in [0.05, 0.1) is 0 Å². The normalized spacial score (nSPS) is 12.9. The zero-order valence-corrected chi connectivity index (χ0v) is 11.5. The van der Waals surface area contributed by atoms with Gasteiger partial charge in [-0.25, -0.2) is 0 Å². The van der Waals surface area contributed by atoms with E-state index in [0.717, 1.165) is 6.54 Å². The van der Waals surface area contributed by atoms with E-state index in [1.807, 2.05) is 0 Å². The predicted molar refractivity (Wildman–Crippen MR) is 71.7 cm³/mol. The summed E-state index contributed by atoms with van der Waals surface area (Å²) >= 11 is 0. The molecular weight excluding hydrogens is 194 g/mol. The molecule has 16 heavy (non-hydrogen) atoms. The largest absolute Gasteiger partial charge is 0.308 e. The van der Waals surface area contributed by atoms with Gasteiger partial charge in [-0.15, -0.1) is 0 Å². The van der Waals surface area contributed by atoms with Gasteiger partial charge in [-0.2, -0.15) is 0 Å². The van der Waals surface area contributed by atoms with Crippen LogP contribution < -0.4 is 5.32 Å². The van der Waals surface area contributed by atoms with Gasteiger partial charge in [0.1, 0.15) is 0 Å². The van der Waals surface area contributed by atoms with E-state index in [1.54, 1.807) is 0 Å². The highest BCUT2D eigenvalue weighted by atomic mass is 14.9. The lowest BCUT2D eigenvalue weighted by molar-refractivity contribution is 0.424. The first-order valence-electron chi connectivity index (χ1n) is 6.03. The minimum Gasteiger partial charge on any atom is -0.308 e. The Morgan fingerprint density at radius 1 is 0.875 bits per heavy atom. The highest BCUT2D eigenvalue weighted by Gasteiger charge is 2.13. The smallest absolute Gasteiger partial charge is 0.0210 e. The number of rotatable bonds is 2. The molecule has 0 saturated carbocycles. The van der Waals surface area contributed by atoms with Crippen molar-refractivity contribution in [2.24, 2.45) is 0 Å². The average Bonchev–Trinajstić information content (AvgIpc) is 2.13. The molecule has 0 aliphatic rings. The molecule has 90 valence electrons. The van der Waals surface area contributed by atoms with Crippen LogP contribution in [0.25, 0.3) is 0 Å². The maximum atomic E-state index is 3.50. The van der Waals surface area contributed by atoms with Crippen LogP contribution >= 0.6 is 0 Å². The fourth-order valence-corrected chi connectivity index (χ4v) is 1.49. The maximum absolute atomic E-state index is 3.50. The third-order valence-corrected chi connectivity index (χ3v) is 2.64. The Morgan fingerprint density at radius 3 is 1.75 bits per heavy atom. The summed E-state index contributed by atoms with van der Waals surface area (Å²) in [6.45, 7) is 14.2. The van der Waals surface area contributed by atoms with Gasteiger partial charge in [0, 0.05) is 12.1 Å². The average molecular weight is 219 g/mol. The van der Waals surface area contributed by atoms with Crippen molar-refractivity contribution in [3.05, 3.63) is 35.4 Å². The molecule has 1 heteroatoms. The van der Waals surface area contributed by atoms with Crippen LogP contribution in [0, 0.1) is 0 Å². The van der Waals surface area contributed by atoms with E-state index in [9.17, 15) is 0 Å². The van der Waals surface area contributed by atoms with Crippen LogP contribution in [0.4, 0.5) is 0 Å². The fourth-order valence-electron chi connectivity index (χ4n) is 1.49. The molecule has 0 aliphatic heterocycles. The molecule has 0 aromatic heterocycles. The molecule has 0 unspecified atom stereocenters. The van der Waals surface area contributed by atoms with Crippen molar-refractivity contribution < 1.29 is 0 Å². The molecule has 0 atom stereocenters. The van der Waals surface area contributed by atoms with Crippen molar-refractivity contribution in [3.63, 3.8) is 0 Å². The third-order valence-electron chi connectivity index (χ3n) is 2.64. The summed E-state index contributed by atoms with van der Waals surface area (Å²) in [5.41, 5.74) is 3.17. The Kier molecular flexibility index (Phi) is 3.80. The molecule has 0 bridgehead atoms. The Bertz CT molecular complexity index is 322. The van der Waals surface area contributed by atoms with Crippen LogP contribution in [0.2, 0.25) is 0 Å². The molecule has 0 amide bonds. The van der Waals surface area contributed by atoms with E-state index >= 15 is 0 Å². The summed E-state index contributed by atoms with van der Waals surface area (Å²) < 4.78 is 0. The second kappa shape index (κ2) is 4.58. The lowest BCUT2D eigenvalue weighted by atomic mass is 9.87. The molecule has 0 radical (unpaired) electrons. The van der Waals surface area contributed by atoms with Crippen LogP contribution in [0.1, 0.15) is 52.7 Å². The predicted octanol–water partition coefficient (Wildman–Crippen LogP) is 3.87. The van der Waals surface area contributed by atoms with Gasteiger partial charge >= 0.3 is 0 Å². The van der Waals surface area contributed by atoms with E-state index in [0.29, 0.717) is 0 Å². The Balaban J connectivity index is 2.66. The second-order valence-electron chi connectivity index (χ2n) is 6.55. The molecule has 1 rings (SSSR count). The van der Waals surface area contributed by atoms with Gasteiger partial charge in [-0.3, -0.25) is 0 Å². The molecule has 0 fully saturated rings. The first kappa shape index (κ1) is 13.2. The minimum absolute atomic E-state index is 0.183. The highest BCUT2D eigenvalue weighted by molar-refractivity contribution is 5.27. The van der Waals surface area contributed by atoms with Gasteiger partial charge in [-0.05, 0) is 37.3 Å². The zero-order chi connectivity index (χ0) is 12.4. The van der Waals surface area contributed by atoms with E-state index in [-0.39, 0.29) is 11.0 Å². The van der Waals surface area contributed by atoms with Gasteiger partial charge in [0.25, 0.3) is 0 Å². The Hall–Kier alpha value is -0.820. The first-order valence-corrected chi connectivity index (χ1v) is 6.03. The van der Waals surface area contributed by atoms with E-state index < -0.39 is 0 Å². The Morgan fingerprint density at radius 2 is 1.38 bits per heavy atom. The van der Waals surface area contributed by atoms with Gasteiger partial charge in [0.2, 0.25) is 0 Å². The molecule has 1 N–H and O–H groups in total. The third kappa shape index (κ3) is 4.36. The van der Waals surface area contributed by atoms with Crippen molar-refractivity contribution in [1.82, 2.24) is 5.32 Å². The number of nitrogens with one attached hydrogen (secondary N) is 1. The van der Waals surface area contributed by atoms with Gasteiger partial charge in [-0.1, -0.05) is 45.0 Å². The lowest BCUT2D eigenvalue weighted by Crippen LogP contribution is -2.35. The van der Waals surface area contributed by atoms with Crippen molar-refractivity contribution in [3.8, 4) is 0 Å². The summed E-state index contributed by atoms with van der Waals surface area (Å²) in [6.07, 6.45) is 0. The standard InChI is InChI=1S/C15H25N/c1-14(2,3)13-9-7-12(8-10-13)11-16-15(4,5)6/h7-10,16H,11H2,1-6H3. The molecule has 0 heterocycles. The van der Waals surface area contributed by atoms with Crippen molar-refractivity contribution in [2.45, 2.75) is 59.0 Å². The van der Waals surface area contributed by atoms with Crippen LogP contribution in [-0.2, 0) is 12.0 Å². The fraction of sp³-hybridized carbons (Fsp3) is 0.600. The molecule has 1 aromatic rings. The van der Waals surface area contributed by atoms with Gasteiger partial charge in [0.15, 0.2) is 0 Å². The Labute approximate surface area is 100 Å². The van der Waals surface area contributed by atoms with Crippen molar-refractivity contribution >= 4 is 0 Å². The molecule has 1 aromatic carbocycles. The van der Waals surface area contributed by atoms with E-state index in [1.165, 1.54) is 11.1 Å².